The molecule has 0 aromatic rings. The summed E-state index contributed by atoms with van der Waals surface area (Å²) in [5, 5.41) is 0.266. The lowest BCUT2D eigenvalue weighted by molar-refractivity contribution is 0.00578. The van der Waals surface area contributed by atoms with Crippen molar-refractivity contribution in [3.05, 3.63) is 12.1 Å². The summed E-state index contributed by atoms with van der Waals surface area (Å²) >= 11 is 0. The van der Waals surface area contributed by atoms with Gasteiger partial charge in [0.15, 0.2) is 8.32 Å². The first-order chi connectivity index (χ1) is 9.29. The maximum Gasteiger partial charge on any atom is 0.486 e. The zero-order chi connectivity index (χ0) is 16.5. The highest BCUT2D eigenvalue weighted by atomic mass is 28.4. The second-order valence-electron chi connectivity index (χ2n) is 8.45. The Morgan fingerprint density at radius 2 is 1.52 bits per heavy atom. The molecule has 0 spiro atoms. The molecule has 1 rings (SSSR count). The Kier molecular flexibility index (Phi) is 5.58. The van der Waals surface area contributed by atoms with E-state index in [-0.39, 0.29) is 23.4 Å². The van der Waals surface area contributed by atoms with Gasteiger partial charge in [-0.1, -0.05) is 32.8 Å². The van der Waals surface area contributed by atoms with Gasteiger partial charge in [0.1, 0.15) is 0 Å². The lowest BCUT2D eigenvalue weighted by Gasteiger charge is -2.36. The summed E-state index contributed by atoms with van der Waals surface area (Å²) in [6, 6.07) is 0. The van der Waals surface area contributed by atoms with Crippen molar-refractivity contribution in [1.82, 2.24) is 0 Å². The Balaban J connectivity index is 2.38. The van der Waals surface area contributed by atoms with Crippen LogP contribution in [0.25, 0.3) is 0 Å². The fourth-order valence-corrected chi connectivity index (χ4v) is 2.83. The fourth-order valence-electron chi connectivity index (χ4n) is 1.77. The van der Waals surface area contributed by atoms with Crippen LogP contribution in [-0.2, 0) is 13.7 Å². The maximum atomic E-state index is 6.15. The lowest BCUT2D eigenvalue weighted by Crippen LogP contribution is -2.41. The van der Waals surface area contributed by atoms with Gasteiger partial charge >= 0.3 is 7.12 Å². The molecule has 0 atom stereocenters. The molecule has 0 saturated carbocycles. The van der Waals surface area contributed by atoms with Gasteiger partial charge < -0.3 is 13.7 Å². The summed E-state index contributed by atoms with van der Waals surface area (Å²) < 4.78 is 18.0. The Labute approximate surface area is 132 Å². The van der Waals surface area contributed by atoms with Crippen LogP contribution in [0.4, 0.5) is 0 Å². The number of hydrogen-bond acceptors (Lipinski definition) is 3. The molecule has 21 heavy (non-hydrogen) atoms. The third kappa shape index (κ3) is 4.68. The van der Waals surface area contributed by atoms with Crippen LogP contribution < -0.4 is 0 Å². The SMILES string of the molecule is CC1(C)OB(/C=C\CCO[Si](C)(C)C(C)(C)C)OC1(C)C. The van der Waals surface area contributed by atoms with Crippen molar-refractivity contribution in [1.29, 1.82) is 0 Å². The lowest BCUT2D eigenvalue weighted by atomic mass is 9.90. The standard InChI is InChI=1S/C16H33BO3Si/c1-14(2,3)21(8,9)18-13-11-10-12-17-19-15(4,5)16(6,7)20-17/h10,12H,11,13H2,1-9H3/b12-10-. The third-order valence-electron chi connectivity index (χ3n) is 5.12. The smallest absolute Gasteiger partial charge is 0.417 e. The predicted molar refractivity (Wildman–Crippen MR) is 93.0 cm³/mol. The minimum Gasteiger partial charge on any atom is -0.417 e. The highest BCUT2D eigenvalue weighted by molar-refractivity contribution is 6.74. The van der Waals surface area contributed by atoms with Gasteiger partial charge in [-0.15, -0.1) is 0 Å². The maximum absolute atomic E-state index is 6.15. The van der Waals surface area contributed by atoms with Crippen molar-refractivity contribution in [2.45, 2.75) is 84.2 Å². The molecule has 0 aromatic heterocycles. The number of rotatable bonds is 5. The van der Waals surface area contributed by atoms with E-state index in [4.69, 9.17) is 13.7 Å². The average molecular weight is 312 g/mol. The zero-order valence-electron chi connectivity index (χ0n) is 15.4. The van der Waals surface area contributed by atoms with E-state index in [1.807, 2.05) is 5.98 Å². The summed E-state index contributed by atoms with van der Waals surface area (Å²) in [5.74, 6) is 2.01. The van der Waals surface area contributed by atoms with E-state index < -0.39 is 8.32 Å². The minimum absolute atomic E-state index is 0.247. The molecule has 0 aliphatic carbocycles. The Morgan fingerprint density at radius 1 is 1.05 bits per heavy atom. The topological polar surface area (TPSA) is 27.7 Å². The van der Waals surface area contributed by atoms with Crippen molar-refractivity contribution < 1.29 is 13.7 Å². The van der Waals surface area contributed by atoms with Crippen LogP contribution in [0.1, 0.15) is 54.9 Å². The van der Waals surface area contributed by atoms with Gasteiger partial charge in [-0.2, -0.15) is 0 Å². The molecule has 3 nitrogen and oxygen atoms in total. The average Bonchev–Trinajstić information content (AvgIpc) is 2.45. The summed E-state index contributed by atoms with van der Waals surface area (Å²) in [4.78, 5) is 0. The summed E-state index contributed by atoms with van der Waals surface area (Å²) in [6.07, 6.45) is 3.01. The zero-order valence-corrected chi connectivity index (χ0v) is 16.4. The summed E-state index contributed by atoms with van der Waals surface area (Å²) in [7, 11) is -1.88. The quantitative estimate of drug-likeness (QED) is 0.549. The van der Waals surface area contributed by atoms with E-state index in [1.165, 1.54) is 0 Å². The first kappa shape index (κ1) is 18.9. The molecule has 1 aliphatic rings. The molecular weight excluding hydrogens is 279 g/mol. The monoisotopic (exact) mass is 312 g/mol. The van der Waals surface area contributed by atoms with Crippen molar-refractivity contribution in [3.8, 4) is 0 Å². The number of hydrogen-bond donors (Lipinski definition) is 0. The van der Waals surface area contributed by atoms with Crippen LogP contribution in [0.3, 0.4) is 0 Å². The van der Waals surface area contributed by atoms with Crippen LogP contribution in [0.5, 0.6) is 0 Å². The molecule has 1 fully saturated rings. The van der Waals surface area contributed by atoms with E-state index in [0.717, 1.165) is 13.0 Å². The molecule has 0 amide bonds. The van der Waals surface area contributed by atoms with Crippen LogP contribution in [0, 0.1) is 0 Å². The molecule has 0 radical (unpaired) electrons. The van der Waals surface area contributed by atoms with E-state index >= 15 is 0 Å². The van der Waals surface area contributed by atoms with Crippen molar-refractivity contribution in [2.24, 2.45) is 0 Å². The van der Waals surface area contributed by atoms with Crippen LogP contribution in [0.2, 0.25) is 18.1 Å². The second-order valence-corrected chi connectivity index (χ2v) is 13.3. The third-order valence-corrected chi connectivity index (χ3v) is 9.66. The van der Waals surface area contributed by atoms with Gasteiger partial charge in [-0.05, 0) is 52.2 Å². The highest BCUT2D eigenvalue weighted by Gasteiger charge is 2.49. The Bertz CT molecular complexity index is 367. The van der Waals surface area contributed by atoms with E-state index in [9.17, 15) is 0 Å². The van der Waals surface area contributed by atoms with Gasteiger partial charge in [-0.3, -0.25) is 0 Å². The van der Waals surface area contributed by atoms with Crippen LogP contribution in [-0.4, -0.2) is 33.2 Å². The Morgan fingerprint density at radius 3 is 1.95 bits per heavy atom. The summed E-state index contributed by atoms with van der Waals surface area (Å²) in [5.41, 5.74) is -0.528. The van der Waals surface area contributed by atoms with Gasteiger partial charge in [0, 0.05) is 6.61 Å². The largest absolute Gasteiger partial charge is 0.486 e. The minimum atomic E-state index is -1.63. The first-order valence-corrected chi connectivity index (χ1v) is 10.9. The highest BCUT2D eigenvalue weighted by Crippen LogP contribution is 2.37. The second kappa shape index (κ2) is 6.19. The molecule has 122 valence electrons. The molecule has 5 heteroatoms. The van der Waals surface area contributed by atoms with Gasteiger partial charge in [0.2, 0.25) is 0 Å². The van der Waals surface area contributed by atoms with E-state index in [0.29, 0.717) is 0 Å². The van der Waals surface area contributed by atoms with Gasteiger partial charge in [0.25, 0.3) is 0 Å². The van der Waals surface area contributed by atoms with E-state index in [2.05, 4.69) is 67.6 Å². The molecule has 0 aromatic carbocycles. The predicted octanol–water partition coefficient (Wildman–Crippen LogP) is 4.59. The molecule has 1 saturated heterocycles. The molecular formula is C16H33BO3Si. The van der Waals surface area contributed by atoms with Crippen LogP contribution in [0.15, 0.2) is 12.1 Å². The molecule has 0 bridgehead atoms. The molecule has 0 N–H and O–H groups in total. The van der Waals surface area contributed by atoms with Crippen molar-refractivity contribution in [3.63, 3.8) is 0 Å². The Hall–Kier alpha value is -0.0982. The normalized spacial score (nSPS) is 22.2. The van der Waals surface area contributed by atoms with Crippen molar-refractivity contribution >= 4 is 15.4 Å². The molecule has 0 unspecified atom stereocenters. The van der Waals surface area contributed by atoms with Gasteiger partial charge in [0.05, 0.1) is 11.2 Å². The fraction of sp³-hybridized carbons (Fsp3) is 0.875. The molecule has 1 heterocycles. The van der Waals surface area contributed by atoms with Crippen LogP contribution >= 0.6 is 0 Å². The van der Waals surface area contributed by atoms with Crippen molar-refractivity contribution in [2.75, 3.05) is 6.61 Å². The molecule has 1 aliphatic heterocycles. The summed E-state index contributed by atoms with van der Waals surface area (Å²) in [6.45, 7) is 20.4. The van der Waals surface area contributed by atoms with Gasteiger partial charge in [-0.25, -0.2) is 0 Å². The van der Waals surface area contributed by atoms with E-state index in [1.54, 1.807) is 0 Å². The first-order valence-electron chi connectivity index (χ1n) is 7.95.